The Hall–Kier alpha value is 0.146. The van der Waals surface area contributed by atoms with E-state index in [2.05, 4.69) is 36.8 Å². The van der Waals surface area contributed by atoms with Crippen molar-refractivity contribution in [1.82, 2.24) is 0 Å². The molecule has 3 aliphatic carbocycles. The molecule has 3 saturated carbocycles. The van der Waals surface area contributed by atoms with Gasteiger partial charge in [0.1, 0.15) is 0 Å². The summed E-state index contributed by atoms with van der Waals surface area (Å²) in [7, 11) is 0. The molecule has 27 heavy (non-hydrogen) atoms. The molecule has 0 saturated heterocycles. The summed E-state index contributed by atoms with van der Waals surface area (Å²) in [6.07, 6.45) is 24.0. The van der Waals surface area contributed by atoms with E-state index in [-0.39, 0.29) is 35.5 Å². The van der Waals surface area contributed by atoms with Crippen molar-refractivity contribution < 1.29 is 0 Å². The minimum Gasteiger partial charge on any atom is -0.328 e. The smallest absolute Gasteiger partial charge is 0.328 e. The molecule has 0 aromatic heterocycles. The van der Waals surface area contributed by atoms with Gasteiger partial charge in [0.25, 0.3) is 0 Å². The van der Waals surface area contributed by atoms with Crippen molar-refractivity contribution in [3.05, 3.63) is 48.2 Å². The Bertz CT molecular complexity index is 415. The predicted octanol–water partition coefficient (Wildman–Crippen LogP) is 7.97. The van der Waals surface area contributed by atoms with Gasteiger partial charge in [0, 0.05) is 0 Å². The van der Waals surface area contributed by atoms with Crippen molar-refractivity contribution in [3.8, 4) is 0 Å². The van der Waals surface area contributed by atoms with Gasteiger partial charge in [-0.25, -0.2) is 0 Å². The molecular formula is C25H39ClMg. The summed E-state index contributed by atoms with van der Waals surface area (Å²) in [5.41, 5.74) is 1.56. The average Bonchev–Trinajstić information content (AvgIpc) is 2.72. The molecule has 3 fully saturated rings. The van der Waals surface area contributed by atoms with E-state index in [9.17, 15) is 0 Å². The molecular weight excluding hydrogens is 360 g/mol. The van der Waals surface area contributed by atoms with Crippen molar-refractivity contribution >= 4 is 35.5 Å². The summed E-state index contributed by atoms with van der Waals surface area (Å²) in [6.45, 7) is 0. The molecule has 1 aromatic rings. The van der Waals surface area contributed by atoms with Crippen LogP contribution >= 0.6 is 12.4 Å². The maximum atomic E-state index is 2.39. The Morgan fingerprint density at radius 3 is 1.44 bits per heavy atom. The molecule has 0 radical (unpaired) electrons. The van der Waals surface area contributed by atoms with E-state index in [1.165, 1.54) is 96.3 Å². The molecule has 0 nitrogen and oxygen atoms in total. The summed E-state index contributed by atoms with van der Waals surface area (Å²) in [5, 5.41) is 0. The third kappa shape index (κ3) is 8.58. The SMILES string of the molecule is Cl.[CH-]1CCCCC1.[Mg+2].c1ccc([C-](C2CCCCC2)C2CCCCC2)cc1. The van der Waals surface area contributed by atoms with Crippen molar-refractivity contribution in [2.45, 2.75) is 96.3 Å². The average molecular weight is 399 g/mol. The number of benzene rings is 1. The van der Waals surface area contributed by atoms with Gasteiger partial charge in [0.05, 0.1) is 0 Å². The Morgan fingerprint density at radius 2 is 1.07 bits per heavy atom. The molecule has 0 atom stereocenters. The topological polar surface area (TPSA) is 0 Å². The van der Waals surface area contributed by atoms with E-state index in [1.54, 1.807) is 5.56 Å². The number of hydrogen-bond donors (Lipinski definition) is 0. The first kappa shape index (κ1) is 25.2. The van der Waals surface area contributed by atoms with E-state index in [0.717, 1.165) is 11.8 Å². The third-order valence-corrected chi connectivity index (χ3v) is 6.51. The van der Waals surface area contributed by atoms with Gasteiger partial charge in [-0.2, -0.15) is 36.5 Å². The van der Waals surface area contributed by atoms with Crippen LogP contribution < -0.4 is 0 Å². The molecule has 2 heteroatoms. The maximum absolute atomic E-state index is 2.39. The summed E-state index contributed by atoms with van der Waals surface area (Å²) in [5.74, 6) is 3.61. The van der Waals surface area contributed by atoms with Gasteiger partial charge >= 0.3 is 23.1 Å². The van der Waals surface area contributed by atoms with Gasteiger partial charge in [-0.05, 0) is 0 Å². The van der Waals surface area contributed by atoms with E-state index in [4.69, 9.17) is 0 Å². The van der Waals surface area contributed by atoms with Crippen molar-refractivity contribution in [2.75, 3.05) is 0 Å². The standard InChI is InChI=1S/C19H27.C6H11.ClH.Mg/c1-4-10-16(11-5-1)19(17-12-6-2-7-13-17)18-14-8-3-9-15-18;1-2-4-6-5-3-1;;/h1,4-5,10-11,17-18H,2-3,6-9,12-15H2;1H,2-6H2;1H;/q2*-1;;+2. The second kappa shape index (κ2) is 15.0. The van der Waals surface area contributed by atoms with Crippen LogP contribution in [0.4, 0.5) is 0 Å². The molecule has 4 rings (SSSR count). The maximum Gasteiger partial charge on any atom is 2.00 e. The van der Waals surface area contributed by atoms with Crippen molar-refractivity contribution in [1.29, 1.82) is 0 Å². The summed E-state index contributed by atoms with van der Waals surface area (Å²) in [6, 6.07) is 11.3. The molecule has 0 spiro atoms. The molecule has 0 aliphatic heterocycles. The molecule has 0 N–H and O–H groups in total. The second-order valence-corrected chi connectivity index (χ2v) is 8.42. The van der Waals surface area contributed by atoms with Crippen LogP contribution in [0.15, 0.2) is 30.3 Å². The summed E-state index contributed by atoms with van der Waals surface area (Å²) < 4.78 is 0. The fraction of sp³-hybridized carbons (Fsp3) is 0.680. The minimum absolute atomic E-state index is 0. The molecule has 0 amide bonds. The monoisotopic (exact) mass is 398 g/mol. The van der Waals surface area contributed by atoms with Gasteiger partial charge in [-0.1, -0.05) is 101 Å². The van der Waals surface area contributed by atoms with Crippen LogP contribution in [0.1, 0.15) is 102 Å². The van der Waals surface area contributed by atoms with E-state index >= 15 is 0 Å². The largest absolute Gasteiger partial charge is 2.00 e. The zero-order chi connectivity index (χ0) is 17.2. The third-order valence-electron chi connectivity index (χ3n) is 6.51. The van der Waals surface area contributed by atoms with Crippen LogP contribution in [0.3, 0.4) is 0 Å². The molecule has 0 heterocycles. The van der Waals surface area contributed by atoms with Crippen LogP contribution in [0.5, 0.6) is 0 Å². The van der Waals surface area contributed by atoms with Crippen LogP contribution in [0, 0.1) is 24.2 Å². The molecule has 0 unspecified atom stereocenters. The molecule has 3 aliphatic rings. The Balaban J connectivity index is 0.000000393. The van der Waals surface area contributed by atoms with Crippen LogP contribution in [-0.4, -0.2) is 23.1 Å². The first-order chi connectivity index (χ1) is 12.4. The van der Waals surface area contributed by atoms with Crippen molar-refractivity contribution in [3.63, 3.8) is 0 Å². The zero-order valence-corrected chi connectivity index (χ0v) is 19.6. The molecule has 1 aromatic carbocycles. The first-order valence-corrected chi connectivity index (χ1v) is 11.2. The van der Waals surface area contributed by atoms with Crippen molar-refractivity contribution in [2.24, 2.45) is 11.8 Å². The quantitative estimate of drug-likeness (QED) is 0.357. The first-order valence-electron chi connectivity index (χ1n) is 11.2. The van der Waals surface area contributed by atoms with Gasteiger partial charge in [0.15, 0.2) is 0 Å². The summed E-state index contributed by atoms with van der Waals surface area (Å²) in [4.78, 5) is 0. The van der Waals surface area contributed by atoms with E-state index in [0.29, 0.717) is 0 Å². The number of halogens is 1. The molecule has 0 bridgehead atoms. The Morgan fingerprint density at radius 1 is 0.630 bits per heavy atom. The predicted molar refractivity (Wildman–Crippen MR) is 122 cm³/mol. The normalized spacial score (nSPS) is 21.0. The number of hydrogen-bond acceptors (Lipinski definition) is 0. The van der Waals surface area contributed by atoms with E-state index < -0.39 is 0 Å². The fourth-order valence-electron chi connectivity index (χ4n) is 5.16. The van der Waals surface area contributed by atoms with Crippen LogP contribution in [0.25, 0.3) is 0 Å². The Kier molecular flexibility index (Phi) is 14.0. The zero-order valence-electron chi connectivity index (χ0n) is 17.3. The minimum atomic E-state index is 0. The fourth-order valence-corrected chi connectivity index (χ4v) is 5.16. The number of rotatable bonds is 3. The Labute approximate surface area is 191 Å². The molecule has 148 valence electrons. The van der Waals surface area contributed by atoms with Gasteiger partial charge in [-0.15, -0.1) is 24.5 Å². The van der Waals surface area contributed by atoms with E-state index in [1.807, 2.05) is 5.92 Å². The van der Waals surface area contributed by atoms with Gasteiger partial charge in [0.2, 0.25) is 0 Å². The summed E-state index contributed by atoms with van der Waals surface area (Å²) >= 11 is 0. The van der Waals surface area contributed by atoms with Gasteiger partial charge < -0.3 is 6.42 Å². The van der Waals surface area contributed by atoms with Gasteiger partial charge in [-0.3, -0.25) is 0 Å². The second-order valence-electron chi connectivity index (χ2n) is 8.42. The van der Waals surface area contributed by atoms with Crippen LogP contribution in [0.2, 0.25) is 0 Å². The van der Waals surface area contributed by atoms with Crippen LogP contribution in [-0.2, 0) is 0 Å².